The maximum Gasteiger partial charge on any atom is 0.343 e. The van der Waals surface area contributed by atoms with Gasteiger partial charge in [-0.2, -0.15) is 5.10 Å². The molecule has 0 aliphatic heterocycles. The Kier molecular flexibility index (Phi) is 6.95. The van der Waals surface area contributed by atoms with Gasteiger partial charge in [-0.3, -0.25) is 19.2 Å². The molecule has 0 aliphatic carbocycles. The number of halogens is 1. The number of carbonyl (C=O) groups is 3. The average molecular weight is 394 g/mol. The van der Waals surface area contributed by atoms with Gasteiger partial charge < -0.3 is 9.47 Å². The van der Waals surface area contributed by atoms with E-state index in [9.17, 15) is 14.4 Å². The third-order valence-electron chi connectivity index (χ3n) is 3.64. The molecule has 0 spiro atoms. The van der Waals surface area contributed by atoms with Crippen LogP contribution in [0, 0.1) is 6.92 Å². The van der Waals surface area contributed by atoms with E-state index < -0.39 is 24.5 Å². The number of amides is 1. The second-order valence-electron chi connectivity index (χ2n) is 5.57. The van der Waals surface area contributed by atoms with Crippen molar-refractivity contribution in [2.45, 2.75) is 13.8 Å². The van der Waals surface area contributed by atoms with Crippen LogP contribution in [-0.4, -0.2) is 47.4 Å². The van der Waals surface area contributed by atoms with Crippen molar-refractivity contribution in [3.8, 4) is 0 Å². The van der Waals surface area contributed by atoms with Gasteiger partial charge in [0.05, 0.1) is 12.3 Å². The summed E-state index contributed by atoms with van der Waals surface area (Å²) in [4.78, 5) is 37.9. The monoisotopic (exact) mass is 393 g/mol. The Balaban J connectivity index is 2.11. The van der Waals surface area contributed by atoms with Gasteiger partial charge in [-0.1, -0.05) is 29.8 Å². The van der Waals surface area contributed by atoms with Gasteiger partial charge in [0.2, 0.25) is 0 Å². The Morgan fingerprint density at radius 1 is 1.19 bits per heavy atom. The van der Waals surface area contributed by atoms with Gasteiger partial charge in [-0.25, -0.2) is 4.79 Å². The maximum atomic E-state index is 12.6. The number of aryl methyl sites for hydroxylation is 2. The number of carbonyl (C=O) groups excluding carboxylic acids is 3. The molecule has 0 saturated carbocycles. The van der Waals surface area contributed by atoms with Crippen molar-refractivity contribution in [3.05, 3.63) is 46.7 Å². The zero-order valence-corrected chi connectivity index (χ0v) is 16.0. The van der Waals surface area contributed by atoms with Crippen LogP contribution in [0.3, 0.4) is 0 Å². The molecule has 1 heterocycles. The summed E-state index contributed by atoms with van der Waals surface area (Å²) >= 11 is 6.03. The van der Waals surface area contributed by atoms with E-state index >= 15 is 0 Å². The number of hydrogen-bond acceptors (Lipinski definition) is 6. The Bertz CT molecular complexity index is 835. The number of ether oxygens (including phenoxy) is 2. The lowest BCUT2D eigenvalue weighted by atomic mass is 10.2. The predicted molar refractivity (Wildman–Crippen MR) is 98.7 cm³/mol. The van der Waals surface area contributed by atoms with E-state index in [2.05, 4.69) is 5.10 Å². The van der Waals surface area contributed by atoms with E-state index in [1.807, 2.05) is 0 Å². The highest BCUT2D eigenvalue weighted by atomic mass is 35.5. The summed E-state index contributed by atoms with van der Waals surface area (Å²) < 4.78 is 11.3. The molecular formula is C18H20ClN3O5. The van der Waals surface area contributed by atoms with E-state index in [-0.39, 0.29) is 23.9 Å². The highest BCUT2D eigenvalue weighted by Crippen LogP contribution is 2.20. The number of hydrogen-bond donors (Lipinski definition) is 0. The highest BCUT2D eigenvalue weighted by Gasteiger charge is 2.24. The normalized spacial score (nSPS) is 10.4. The quantitative estimate of drug-likeness (QED) is 0.669. The minimum atomic E-state index is -0.761. The fourth-order valence-corrected chi connectivity index (χ4v) is 2.66. The summed E-state index contributed by atoms with van der Waals surface area (Å²) in [5.74, 6) is -1.89. The predicted octanol–water partition coefficient (Wildman–Crippen LogP) is 2.14. The molecule has 9 heteroatoms. The first-order valence-electron chi connectivity index (χ1n) is 8.22. The SMILES string of the molecule is CCOC(=O)CN(C(=O)COC(=O)c1c(C)nn(C)c1Cl)c1ccccc1. The molecule has 27 heavy (non-hydrogen) atoms. The third kappa shape index (κ3) is 5.07. The van der Waals surface area contributed by atoms with E-state index in [1.54, 1.807) is 51.2 Å². The Morgan fingerprint density at radius 3 is 2.41 bits per heavy atom. The van der Waals surface area contributed by atoms with Crippen molar-refractivity contribution in [1.82, 2.24) is 9.78 Å². The Morgan fingerprint density at radius 2 is 1.85 bits per heavy atom. The standard InChI is InChI=1S/C18H20ClN3O5/c1-4-26-15(24)10-22(13-8-6-5-7-9-13)14(23)11-27-18(25)16-12(2)20-21(3)17(16)19/h5-9H,4,10-11H2,1-3H3. The van der Waals surface area contributed by atoms with Crippen molar-refractivity contribution in [2.75, 3.05) is 24.7 Å². The summed E-state index contributed by atoms with van der Waals surface area (Å²) in [6.45, 7) is 2.64. The summed E-state index contributed by atoms with van der Waals surface area (Å²) in [6.07, 6.45) is 0. The summed E-state index contributed by atoms with van der Waals surface area (Å²) in [5.41, 5.74) is 0.984. The fraction of sp³-hybridized carbons (Fsp3) is 0.333. The van der Waals surface area contributed by atoms with Gasteiger partial charge in [0.15, 0.2) is 6.61 Å². The second-order valence-corrected chi connectivity index (χ2v) is 5.93. The molecule has 0 N–H and O–H groups in total. The molecule has 2 rings (SSSR count). The topological polar surface area (TPSA) is 90.7 Å². The number of aromatic nitrogens is 2. The summed E-state index contributed by atoms with van der Waals surface area (Å²) in [6, 6.07) is 8.57. The van der Waals surface area contributed by atoms with Crippen LogP contribution in [0.25, 0.3) is 0 Å². The van der Waals surface area contributed by atoms with Crippen molar-refractivity contribution in [2.24, 2.45) is 7.05 Å². The zero-order valence-electron chi connectivity index (χ0n) is 15.3. The molecular weight excluding hydrogens is 374 g/mol. The smallest absolute Gasteiger partial charge is 0.343 e. The first-order chi connectivity index (χ1) is 12.8. The lowest BCUT2D eigenvalue weighted by molar-refractivity contribution is -0.142. The number of anilines is 1. The van der Waals surface area contributed by atoms with Crippen LogP contribution < -0.4 is 4.90 Å². The van der Waals surface area contributed by atoms with Gasteiger partial charge in [-0.05, 0) is 26.0 Å². The van der Waals surface area contributed by atoms with Gasteiger partial charge in [0, 0.05) is 12.7 Å². The minimum absolute atomic E-state index is 0.101. The van der Waals surface area contributed by atoms with E-state index in [0.29, 0.717) is 11.4 Å². The second kappa shape index (κ2) is 9.18. The maximum absolute atomic E-state index is 12.6. The van der Waals surface area contributed by atoms with E-state index in [4.69, 9.17) is 21.1 Å². The molecule has 1 amide bonds. The molecule has 144 valence electrons. The number of benzene rings is 1. The molecule has 2 aromatic rings. The molecule has 1 aromatic carbocycles. The number of para-hydroxylation sites is 1. The van der Waals surface area contributed by atoms with Crippen molar-refractivity contribution in [1.29, 1.82) is 0 Å². The van der Waals surface area contributed by atoms with Crippen molar-refractivity contribution >= 4 is 35.1 Å². The number of nitrogens with zero attached hydrogens (tertiary/aromatic N) is 3. The van der Waals surface area contributed by atoms with Crippen LogP contribution in [0.5, 0.6) is 0 Å². The molecule has 0 aliphatic rings. The zero-order chi connectivity index (χ0) is 20.0. The largest absolute Gasteiger partial charge is 0.465 e. The summed E-state index contributed by atoms with van der Waals surface area (Å²) in [5, 5.41) is 4.15. The fourth-order valence-electron chi connectivity index (χ4n) is 2.41. The number of esters is 2. The average Bonchev–Trinajstić information content (AvgIpc) is 2.90. The van der Waals surface area contributed by atoms with Crippen molar-refractivity contribution < 1.29 is 23.9 Å². The van der Waals surface area contributed by atoms with Crippen molar-refractivity contribution in [3.63, 3.8) is 0 Å². The summed E-state index contributed by atoms with van der Waals surface area (Å²) in [7, 11) is 1.59. The molecule has 0 atom stereocenters. The lowest BCUT2D eigenvalue weighted by Gasteiger charge is -2.21. The molecule has 0 bridgehead atoms. The van der Waals surface area contributed by atoms with Gasteiger partial charge in [0.1, 0.15) is 17.3 Å². The van der Waals surface area contributed by atoms with Crippen LogP contribution in [0.15, 0.2) is 30.3 Å². The van der Waals surface area contributed by atoms with Crippen LogP contribution in [0.2, 0.25) is 5.15 Å². The van der Waals surface area contributed by atoms with Crippen LogP contribution in [0.4, 0.5) is 5.69 Å². The highest BCUT2D eigenvalue weighted by molar-refractivity contribution is 6.32. The first-order valence-corrected chi connectivity index (χ1v) is 8.60. The molecule has 0 saturated heterocycles. The van der Waals surface area contributed by atoms with Crippen LogP contribution >= 0.6 is 11.6 Å². The number of rotatable bonds is 7. The molecule has 8 nitrogen and oxygen atoms in total. The van der Waals surface area contributed by atoms with E-state index in [1.165, 1.54) is 9.58 Å². The third-order valence-corrected chi connectivity index (χ3v) is 4.08. The van der Waals surface area contributed by atoms with Gasteiger partial charge >= 0.3 is 11.9 Å². The van der Waals surface area contributed by atoms with E-state index in [0.717, 1.165) is 0 Å². The van der Waals surface area contributed by atoms with Crippen LogP contribution in [0.1, 0.15) is 23.0 Å². The molecule has 0 radical (unpaired) electrons. The molecule has 1 aromatic heterocycles. The Hall–Kier alpha value is -2.87. The minimum Gasteiger partial charge on any atom is -0.465 e. The first kappa shape index (κ1) is 20.4. The lowest BCUT2D eigenvalue weighted by Crippen LogP contribution is -2.39. The van der Waals surface area contributed by atoms with Gasteiger partial charge in [0.25, 0.3) is 5.91 Å². The molecule has 0 fully saturated rings. The Labute approximate surface area is 161 Å². The molecule has 0 unspecified atom stereocenters. The van der Waals surface area contributed by atoms with Gasteiger partial charge in [-0.15, -0.1) is 0 Å². The van der Waals surface area contributed by atoms with Crippen LogP contribution in [-0.2, 0) is 26.1 Å².